The van der Waals surface area contributed by atoms with Crippen LogP contribution in [-0.4, -0.2) is 62.5 Å². The number of urea groups is 1. The summed E-state index contributed by atoms with van der Waals surface area (Å²) in [6, 6.07) is 13.3. The number of amides is 2. The van der Waals surface area contributed by atoms with Crippen molar-refractivity contribution in [2.45, 2.75) is 64.0 Å². The highest BCUT2D eigenvalue weighted by atomic mass is 19.1. The summed E-state index contributed by atoms with van der Waals surface area (Å²) < 4.78 is 24.9. The van der Waals surface area contributed by atoms with Crippen molar-refractivity contribution in [2.75, 3.05) is 40.4 Å². The minimum Gasteiger partial charge on any atom is -0.457 e. The SMILES string of the molecule is CNC[C@H](CC(C)C)NC(=O)N1CCC[C@@H]([C@@](O)(CCCCOC)c2ccccc2Oc2ccc(F)cc2)C1. The van der Waals surface area contributed by atoms with Crippen molar-refractivity contribution in [3.8, 4) is 11.5 Å². The van der Waals surface area contributed by atoms with Crippen molar-refractivity contribution >= 4 is 6.03 Å². The van der Waals surface area contributed by atoms with Gasteiger partial charge in [0.05, 0.1) is 5.60 Å². The molecule has 3 rings (SSSR count). The number of unbranched alkanes of at least 4 members (excludes halogenated alkanes) is 1. The number of methoxy groups -OCH3 is 1. The van der Waals surface area contributed by atoms with Gasteiger partial charge in [0.2, 0.25) is 0 Å². The highest BCUT2D eigenvalue weighted by Crippen LogP contribution is 2.44. The molecule has 0 radical (unpaired) electrons. The number of ether oxygens (including phenoxy) is 2. The molecule has 1 saturated heterocycles. The van der Waals surface area contributed by atoms with Gasteiger partial charge in [-0.1, -0.05) is 32.0 Å². The van der Waals surface area contributed by atoms with Crippen LogP contribution in [-0.2, 0) is 10.3 Å². The predicted octanol–water partition coefficient (Wildman–Crippen LogP) is 5.68. The molecule has 0 saturated carbocycles. The molecule has 2 aromatic rings. The molecule has 1 heterocycles. The van der Waals surface area contributed by atoms with E-state index in [0.29, 0.717) is 55.6 Å². The number of aliphatic hydroxyl groups is 1. The smallest absolute Gasteiger partial charge is 0.317 e. The molecule has 0 spiro atoms. The van der Waals surface area contributed by atoms with E-state index in [1.807, 2.05) is 36.2 Å². The Labute approximate surface area is 233 Å². The third kappa shape index (κ3) is 8.92. The van der Waals surface area contributed by atoms with Crippen LogP contribution in [0.25, 0.3) is 0 Å². The number of hydrogen-bond acceptors (Lipinski definition) is 5. The van der Waals surface area contributed by atoms with E-state index >= 15 is 0 Å². The summed E-state index contributed by atoms with van der Waals surface area (Å²) in [4.78, 5) is 15.2. The lowest BCUT2D eigenvalue weighted by molar-refractivity contribution is -0.0575. The number of halogens is 1. The first-order valence-electron chi connectivity index (χ1n) is 14.2. The lowest BCUT2D eigenvalue weighted by Crippen LogP contribution is -2.54. The third-order valence-corrected chi connectivity index (χ3v) is 7.47. The summed E-state index contributed by atoms with van der Waals surface area (Å²) >= 11 is 0. The molecule has 39 heavy (non-hydrogen) atoms. The van der Waals surface area contributed by atoms with E-state index in [1.165, 1.54) is 12.1 Å². The first-order chi connectivity index (χ1) is 18.8. The molecule has 0 unspecified atom stereocenters. The maximum Gasteiger partial charge on any atom is 0.317 e. The molecule has 2 amide bonds. The number of carbonyl (C=O) groups is 1. The fraction of sp³-hybridized carbons (Fsp3) is 0.581. The fourth-order valence-corrected chi connectivity index (χ4v) is 5.57. The largest absolute Gasteiger partial charge is 0.457 e. The molecule has 0 aromatic heterocycles. The standard InChI is InChI=1S/C31H46FN3O4/c1-23(2)20-26(21-33-3)34-30(36)35-18-9-10-24(22-35)31(37,17-7-8-19-38-4)28-11-5-6-12-29(28)39-27-15-13-25(32)14-16-27/h5-6,11-16,23-24,26,33,37H,7-10,17-22H2,1-4H3,(H,34,36)/t24-,26+,31+/m1/s1. The van der Waals surface area contributed by atoms with Crippen molar-refractivity contribution < 1.29 is 23.8 Å². The highest BCUT2D eigenvalue weighted by molar-refractivity contribution is 5.74. The number of hydrogen-bond donors (Lipinski definition) is 3. The zero-order valence-corrected chi connectivity index (χ0v) is 23.9. The number of piperidine rings is 1. The molecular weight excluding hydrogens is 497 g/mol. The normalized spacial score (nSPS) is 18.0. The van der Waals surface area contributed by atoms with E-state index in [0.717, 1.165) is 32.1 Å². The van der Waals surface area contributed by atoms with Crippen LogP contribution in [0.15, 0.2) is 48.5 Å². The first-order valence-corrected chi connectivity index (χ1v) is 14.2. The topological polar surface area (TPSA) is 83.1 Å². The Morgan fingerprint density at radius 3 is 2.62 bits per heavy atom. The van der Waals surface area contributed by atoms with Gasteiger partial charge in [-0.25, -0.2) is 9.18 Å². The number of para-hydroxylation sites is 1. The van der Waals surface area contributed by atoms with E-state index in [9.17, 15) is 14.3 Å². The number of rotatable bonds is 14. The zero-order chi connectivity index (χ0) is 28.3. The van der Waals surface area contributed by atoms with Gasteiger partial charge in [0.15, 0.2) is 0 Å². The van der Waals surface area contributed by atoms with E-state index in [1.54, 1.807) is 19.2 Å². The van der Waals surface area contributed by atoms with Gasteiger partial charge in [0.1, 0.15) is 17.3 Å². The molecule has 1 aliphatic rings. The Morgan fingerprint density at radius 2 is 1.92 bits per heavy atom. The van der Waals surface area contributed by atoms with Crippen molar-refractivity contribution in [3.63, 3.8) is 0 Å². The number of nitrogens with one attached hydrogen (secondary N) is 2. The second-order valence-corrected chi connectivity index (χ2v) is 11.0. The van der Waals surface area contributed by atoms with Crippen molar-refractivity contribution in [1.82, 2.24) is 15.5 Å². The highest BCUT2D eigenvalue weighted by Gasteiger charge is 2.43. The van der Waals surface area contributed by atoms with Crippen molar-refractivity contribution in [1.29, 1.82) is 0 Å². The summed E-state index contributed by atoms with van der Waals surface area (Å²) in [7, 11) is 3.57. The molecule has 0 bridgehead atoms. The Balaban J connectivity index is 1.85. The van der Waals surface area contributed by atoms with Crippen LogP contribution in [0.1, 0.15) is 57.9 Å². The average molecular weight is 544 g/mol. The Morgan fingerprint density at radius 1 is 1.18 bits per heavy atom. The maximum absolute atomic E-state index is 13.5. The summed E-state index contributed by atoms with van der Waals surface area (Å²) in [6.45, 7) is 6.74. The summed E-state index contributed by atoms with van der Waals surface area (Å²) in [6.07, 6.45) is 4.58. The van der Waals surface area contributed by atoms with Gasteiger partial charge in [-0.3, -0.25) is 0 Å². The molecule has 3 N–H and O–H groups in total. The molecule has 0 aliphatic carbocycles. The molecule has 8 heteroatoms. The minimum atomic E-state index is -1.22. The molecule has 216 valence electrons. The van der Waals surface area contributed by atoms with Crippen molar-refractivity contribution in [3.05, 3.63) is 59.9 Å². The van der Waals surface area contributed by atoms with Crippen LogP contribution in [0.2, 0.25) is 0 Å². The quantitative estimate of drug-likeness (QED) is 0.267. The number of carbonyl (C=O) groups excluding carboxylic acids is 1. The molecule has 3 atom stereocenters. The predicted molar refractivity (Wildman–Crippen MR) is 153 cm³/mol. The Kier molecular flexibility index (Phi) is 12.0. The molecule has 7 nitrogen and oxygen atoms in total. The van der Waals surface area contributed by atoms with Gasteiger partial charge >= 0.3 is 6.03 Å². The minimum absolute atomic E-state index is 0.0423. The summed E-state index contributed by atoms with van der Waals surface area (Å²) in [5.74, 6) is 0.982. The molecular formula is C31H46FN3O4. The third-order valence-electron chi connectivity index (χ3n) is 7.47. The summed E-state index contributed by atoms with van der Waals surface area (Å²) in [5, 5.41) is 18.8. The van der Waals surface area contributed by atoms with Crippen molar-refractivity contribution in [2.24, 2.45) is 11.8 Å². The second kappa shape index (κ2) is 15.2. The molecule has 1 fully saturated rings. The maximum atomic E-state index is 13.5. The monoisotopic (exact) mass is 543 g/mol. The molecule has 1 aliphatic heterocycles. The van der Waals surface area contributed by atoms with E-state index in [2.05, 4.69) is 24.5 Å². The van der Waals surface area contributed by atoms with E-state index in [-0.39, 0.29) is 23.8 Å². The van der Waals surface area contributed by atoms with Gasteiger partial charge in [-0.05, 0) is 81.8 Å². The van der Waals surface area contributed by atoms with E-state index in [4.69, 9.17) is 9.47 Å². The zero-order valence-electron chi connectivity index (χ0n) is 23.9. The van der Waals surface area contributed by atoms with Crippen LogP contribution >= 0.6 is 0 Å². The molecule has 2 aromatic carbocycles. The first kappa shape index (κ1) is 30.9. The van der Waals surface area contributed by atoms with Crippen LogP contribution in [0, 0.1) is 17.7 Å². The Hall–Kier alpha value is -2.68. The van der Waals surface area contributed by atoms with E-state index < -0.39 is 5.60 Å². The summed E-state index contributed by atoms with van der Waals surface area (Å²) in [5.41, 5.74) is -0.530. The number of nitrogens with zero attached hydrogens (tertiary/aromatic N) is 1. The van der Waals surface area contributed by atoms with Gasteiger partial charge < -0.3 is 30.1 Å². The van der Waals surface area contributed by atoms with Gasteiger partial charge in [0.25, 0.3) is 0 Å². The second-order valence-electron chi connectivity index (χ2n) is 11.0. The van der Waals surface area contributed by atoms with Crippen LogP contribution in [0.5, 0.6) is 11.5 Å². The fourth-order valence-electron chi connectivity index (χ4n) is 5.57. The number of likely N-dealkylation sites (N-methyl/N-ethyl adjacent to an activating group) is 1. The van der Waals surface area contributed by atoms with Gasteiger partial charge in [-0.15, -0.1) is 0 Å². The average Bonchev–Trinajstić information content (AvgIpc) is 2.92. The van der Waals surface area contributed by atoms with Gasteiger partial charge in [0, 0.05) is 50.9 Å². The Bertz CT molecular complexity index is 1020. The number of likely N-dealkylation sites (tertiary alicyclic amines) is 1. The van der Waals surface area contributed by atoms with Crippen LogP contribution < -0.4 is 15.4 Å². The lowest BCUT2D eigenvalue weighted by Gasteiger charge is -2.43. The number of benzene rings is 2. The van der Waals surface area contributed by atoms with Crippen LogP contribution in [0.3, 0.4) is 0 Å². The van der Waals surface area contributed by atoms with Crippen LogP contribution in [0.4, 0.5) is 9.18 Å². The lowest BCUT2D eigenvalue weighted by atomic mass is 9.73. The van der Waals surface area contributed by atoms with Gasteiger partial charge in [-0.2, -0.15) is 0 Å².